The van der Waals surface area contributed by atoms with Gasteiger partial charge >= 0.3 is 11.9 Å². The lowest BCUT2D eigenvalue weighted by Crippen LogP contribution is -2.45. The van der Waals surface area contributed by atoms with E-state index in [1.54, 1.807) is 70.2 Å². The smallest absolute Gasteiger partial charge is 0.324 e. The van der Waals surface area contributed by atoms with Crippen LogP contribution in [0.3, 0.4) is 0 Å². The molecule has 0 aliphatic heterocycles. The Labute approximate surface area is 259 Å². The Kier molecular flexibility index (Phi) is 11.8. The van der Waals surface area contributed by atoms with Crippen molar-refractivity contribution in [3.63, 3.8) is 0 Å². The molecule has 44 heavy (non-hydrogen) atoms. The van der Waals surface area contributed by atoms with Crippen LogP contribution in [0, 0.1) is 25.7 Å². The summed E-state index contributed by atoms with van der Waals surface area (Å²) in [6, 6.07) is 15.1. The minimum Gasteiger partial charge on any atom is -0.458 e. The van der Waals surface area contributed by atoms with Crippen LogP contribution >= 0.6 is 0 Å². The standard InChI is InChI=1S/C31H39N3O8S2/c1-20(2)28(33-43(37,38)26-14-10-22(5)11-15-26)30(35)41-18-24-8-7-9-25(32-24)19-42-31(36)29(21(3)4)34-44(39,40)27-16-12-23(6)13-17-27/h7-17,20-21,28-29,33-34H,18-19H2,1-6H3/t28-,29-/m0/s1. The molecule has 0 amide bonds. The molecule has 1 heterocycles. The molecule has 2 aromatic carbocycles. The quantitative estimate of drug-likeness (QED) is 0.249. The SMILES string of the molecule is Cc1ccc(S(=O)(=O)N[C@H](C(=O)OCc2cccc(COC(=O)[C@@H](NS(=O)(=O)c3ccc(C)cc3)C(C)C)n2)C(C)C)cc1. The number of aromatic nitrogens is 1. The van der Waals surface area contributed by atoms with Crippen LogP contribution in [0.15, 0.2) is 76.5 Å². The number of sulfonamides is 2. The third-order valence-corrected chi connectivity index (χ3v) is 9.57. The molecule has 0 saturated heterocycles. The number of esters is 2. The molecule has 0 radical (unpaired) electrons. The predicted octanol–water partition coefficient (Wildman–Crippen LogP) is 3.79. The minimum absolute atomic E-state index is 0.0353. The van der Waals surface area contributed by atoms with Gasteiger partial charge in [-0.3, -0.25) is 14.6 Å². The summed E-state index contributed by atoms with van der Waals surface area (Å²) >= 11 is 0. The van der Waals surface area contributed by atoms with E-state index in [0.29, 0.717) is 11.4 Å². The van der Waals surface area contributed by atoms with E-state index in [1.807, 2.05) is 13.8 Å². The van der Waals surface area contributed by atoms with Crippen molar-refractivity contribution in [2.24, 2.45) is 11.8 Å². The van der Waals surface area contributed by atoms with E-state index in [-0.39, 0.29) is 23.0 Å². The van der Waals surface area contributed by atoms with E-state index in [2.05, 4.69) is 14.4 Å². The van der Waals surface area contributed by atoms with Crippen LogP contribution in [0.2, 0.25) is 0 Å². The zero-order chi connectivity index (χ0) is 32.7. The van der Waals surface area contributed by atoms with Crippen molar-refractivity contribution >= 4 is 32.0 Å². The molecule has 13 heteroatoms. The van der Waals surface area contributed by atoms with Crippen molar-refractivity contribution in [1.82, 2.24) is 14.4 Å². The van der Waals surface area contributed by atoms with Crippen LogP contribution in [-0.2, 0) is 52.3 Å². The Bertz CT molecular complexity index is 1530. The van der Waals surface area contributed by atoms with Gasteiger partial charge in [-0.2, -0.15) is 9.44 Å². The van der Waals surface area contributed by atoms with Gasteiger partial charge in [0, 0.05) is 0 Å². The summed E-state index contributed by atoms with van der Waals surface area (Å²) in [7, 11) is -7.94. The number of benzene rings is 2. The van der Waals surface area contributed by atoms with Gasteiger partial charge in [-0.1, -0.05) is 69.2 Å². The van der Waals surface area contributed by atoms with E-state index in [9.17, 15) is 26.4 Å². The average Bonchev–Trinajstić information content (AvgIpc) is 2.96. The Morgan fingerprint density at radius 1 is 0.636 bits per heavy atom. The zero-order valence-electron chi connectivity index (χ0n) is 25.6. The first-order chi connectivity index (χ1) is 20.6. The number of hydrogen-bond donors (Lipinski definition) is 2. The van der Waals surface area contributed by atoms with Gasteiger partial charge in [0.2, 0.25) is 20.0 Å². The number of nitrogens with one attached hydrogen (secondary N) is 2. The summed E-state index contributed by atoms with van der Waals surface area (Å²) in [6.45, 7) is 9.97. The molecule has 0 fully saturated rings. The van der Waals surface area contributed by atoms with Gasteiger partial charge in [-0.05, 0) is 62.1 Å². The maximum absolute atomic E-state index is 12.9. The van der Waals surface area contributed by atoms with Gasteiger partial charge in [-0.25, -0.2) is 16.8 Å². The lowest BCUT2D eigenvalue weighted by Gasteiger charge is -2.21. The molecule has 2 N–H and O–H groups in total. The highest BCUT2D eigenvalue weighted by atomic mass is 32.2. The number of pyridine rings is 1. The Morgan fingerprint density at radius 3 is 1.30 bits per heavy atom. The molecule has 3 aromatic rings. The number of nitrogens with zero attached hydrogens (tertiary/aromatic N) is 1. The molecule has 0 aliphatic carbocycles. The lowest BCUT2D eigenvalue weighted by atomic mass is 10.1. The second-order valence-corrected chi connectivity index (χ2v) is 14.6. The topological polar surface area (TPSA) is 158 Å². The molecule has 238 valence electrons. The fraction of sp³-hybridized carbons (Fsp3) is 0.387. The molecular formula is C31H39N3O8S2. The van der Waals surface area contributed by atoms with Gasteiger partial charge in [0.15, 0.2) is 0 Å². The molecule has 0 spiro atoms. The zero-order valence-corrected chi connectivity index (χ0v) is 27.2. The lowest BCUT2D eigenvalue weighted by molar-refractivity contribution is -0.148. The molecule has 11 nitrogen and oxygen atoms in total. The highest BCUT2D eigenvalue weighted by Crippen LogP contribution is 2.16. The van der Waals surface area contributed by atoms with E-state index in [4.69, 9.17) is 9.47 Å². The first-order valence-corrected chi connectivity index (χ1v) is 17.0. The number of carbonyl (C=O) groups is 2. The van der Waals surface area contributed by atoms with Gasteiger partial charge in [0.1, 0.15) is 25.3 Å². The summed E-state index contributed by atoms with van der Waals surface area (Å²) in [5.74, 6) is -2.34. The van der Waals surface area contributed by atoms with Crippen LogP contribution in [0.4, 0.5) is 0 Å². The summed E-state index contributed by atoms with van der Waals surface area (Å²) in [6.07, 6.45) is 0. The Hall–Kier alpha value is -3.65. The van der Waals surface area contributed by atoms with Gasteiger partial charge in [-0.15, -0.1) is 0 Å². The molecule has 0 saturated carbocycles. The number of ether oxygens (including phenoxy) is 2. The van der Waals surface area contributed by atoms with Crippen molar-refractivity contribution in [2.75, 3.05) is 0 Å². The van der Waals surface area contributed by atoms with E-state index in [0.717, 1.165) is 11.1 Å². The number of hydrogen-bond acceptors (Lipinski definition) is 9. The fourth-order valence-electron chi connectivity index (χ4n) is 3.98. The summed E-state index contributed by atoms with van der Waals surface area (Å²) in [4.78, 5) is 30.2. The summed E-state index contributed by atoms with van der Waals surface area (Å²) in [5.41, 5.74) is 2.49. The third kappa shape index (κ3) is 9.68. The predicted molar refractivity (Wildman–Crippen MR) is 164 cm³/mol. The van der Waals surface area contributed by atoms with E-state index < -0.39 is 55.9 Å². The van der Waals surface area contributed by atoms with Crippen molar-refractivity contribution < 1.29 is 35.9 Å². The second-order valence-electron chi connectivity index (χ2n) is 11.1. The number of rotatable bonds is 14. The molecule has 0 aliphatic rings. The maximum Gasteiger partial charge on any atom is 0.324 e. The largest absolute Gasteiger partial charge is 0.458 e. The van der Waals surface area contributed by atoms with Crippen molar-refractivity contribution in [1.29, 1.82) is 0 Å². The molecule has 2 atom stereocenters. The van der Waals surface area contributed by atoms with E-state index in [1.165, 1.54) is 24.3 Å². The van der Waals surface area contributed by atoms with E-state index >= 15 is 0 Å². The first-order valence-electron chi connectivity index (χ1n) is 14.0. The van der Waals surface area contributed by atoms with Crippen LogP contribution in [0.25, 0.3) is 0 Å². The maximum atomic E-state index is 12.9. The minimum atomic E-state index is -3.97. The van der Waals surface area contributed by atoms with Gasteiger partial charge in [0.25, 0.3) is 0 Å². The highest BCUT2D eigenvalue weighted by molar-refractivity contribution is 7.89. The fourth-order valence-corrected chi connectivity index (χ4v) is 6.64. The van der Waals surface area contributed by atoms with Crippen molar-refractivity contribution in [2.45, 2.75) is 76.6 Å². The van der Waals surface area contributed by atoms with Crippen LogP contribution < -0.4 is 9.44 Å². The Morgan fingerprint density at radius 2 is 0.977 bits per heavy atom. The van der Waals surface area contributed by atoms with Crippen molar-refractivity contribution in [3.05, 3.63) is 89.2 Å². The molecule has 0 bridgehead atoms. The molecular weight excluding hydrogens is 606 g/mol. The van der Waals surface area contributed by atoms with Gasteiger partial charge < -0.3 is 9.47 Å². The van der Waals surface area contributed by atoms with Gasteiger partial charge in [0.05, 0.1) is 21.2 Å². The second kappa shape index (κ2) is 14.9. The Balaban J connectivity index is 1.61. The third-order valence-electron chi connectivity index (χ3n) is 6.66. The molecule has 0 unspecified atom stereocenters. The normalized spacial score (nSPS) is 13.5. The molecule has 1 aromatic heterocycles. The monoisotopic (exact) mass is 645 g/mol. The van der Waals surface area contributed by atoms with Crippen LogP contribution in [0.5, 0.6) is 0 Å². The number of aryl methyl sites for hydroxylation is 2. The molecule has 3 rings (SSSR count). The average molecular weight is 646 g/mol. The van der Waals surface area contributed by atoms with Crippen LogP contribution in [-0.4, -0.2) is 45.8 Å². The summed E-state index contributed by atoms with van der Waals surface area (Å²) < 4.78 is 67.0. The summed E-state index contributed by atoms with van der Waals surface area (Å²) in [5, 5.41) is 0. The highest BCUT2D eigenvalue weighted by Gasteiger charge is 2.31. The van der Waals surface area contributed by atoms with Crippen LogP contribution in [0.1, 0.15) is 50.2 Å². The van der Waals surface area contributed by atoms with Crippen molar-refractivity contribution in [3.8, 4) is 0 Å². The number of carbonyl (C=O) groups excluding carboxylic acids is 2. The first kappa shape index (κ1) is 34.8.